The first kappa shape index (κ1) is 15.4. The van der Waals surface area contributed by atoms with Crippen molar-refractivity contribution in [3.8, 4) is 0 Å². The highest BCUT2D eigenvalue weighted by atomic mass is 16.5. The number of piperidine rings is 2. The van der Waals surface area contributed by atoms with Crippen LogP contribution < -0.4 is 0 Å². The molecule has 122 valence electrons. The van der Waals surface area contributed by atoms with E-state index in [9.17, 15) is 4.79 Å². The minimum atomic E-state index is 0.0468. The normalized spacial score (nSPS) is 22.5. The third kappa shape index (κ3) is 3.30. The number of aromatic nitrogens is 2. The fraction of sp³-hybridized carbons (Fsp3) is 0.800. The number of nitrogens with zero attached hydrogens (tertiary/aromatic N) is 4. The number of hydrogen-bond donors (Lipinski definition) is 1. The second-order valence-corrected chi connectivity index (χ2v) is 6.54. The second kappa shape index (κ2) is 6.34. The SMILES string of the molecule is Cc1nc(CN2CCC3(CCC(=O)N(CCO)C3)CC2)no1. The molecule has 22 heavy (non-hydrogen) atoms. The van der Waals surface area contributed by atoms with Crippen LogP contribution in [0, 0.1) is 12.3 Å². The van der Waals surface area contributed by atoms with E-state index in [1.807, 2.05) is 4.90 Å². The summed E-state index contributed by atoms with van der Waals surface area (Å²) in [5.74, 6) is 1.53. The van der Waals surface area contributed by atoms with Crippen molar-refractivity contribution in [3.05, 3.63) is 11.7 Å². The summed E-state index contributed by atoms with van der Waals surface area (Å²) in [4.78, 5) is 20.3. The van der Waals surface area contributed by atoms with Gasteiger partial charge in [0.1, 0.15) is 0 Å². The van der Waals surface area contributed by atoms with Gasteiger partial charge in [0.25, 0.3) is 0 Å². The molecule has 2 aliphatic heterocycles. The number of carbonyl (C=O) groups excluding carboxylic acids is 1. The Morgan fingerprint density at radius 3 is 2.73 bits per heavy atom. The molecule has 0 aliphatic carbocycles. The molecule has 0 radical (unpaired) electrons. The number of amides is 1. The lowest BCUT2D eigenvalue weighted by atomic mass is 9.72. The van der Waals surface area contributed by atoms with E-state index in [2.05, 4.69) is 15.0 Å². The van der Waals surface area contributed by atoms with Crippen molar-refractivity contribution in [3.63, 3.8) is 0 Å². The Bertz CT molecular complexity index is 523. The summed E-state index contributed by atoms with van der Waals surface area (Å²) in [7, 11) is 0. The minimum Gasteiger partial charge on any atom is -0.395 e. The lowest BCUT2D eigenvalue weighted by molar-refractivity contribution is -0.139. The van der Waals surface area contributed by atoms with Gasteiger partial charge in [-0.05, 0) is 37.8 Å². The van der Waals surface area contributed by atoms with Crippen LogP contribution in [-0.4, -0.2) is 63.7 Å². The van der Waals surface area contributed by atoms with Gasteiger partial charge in [0, 0.05) is 26.4 Å². The van der Waals surface area contributed by atoms with Crippen LogP contribution in [0.3, 0.4) is 0 Å². The fourth-order valence-corrected chi connectivity index (χ4v) is 3.63. The van der Waals surface area contributed by atoms with Crippen molar-refractivity contribution in [2.45, 2.75) is 39.2 Å². The lowest BCUT2D eigenvalue weighted by Gasteiger charge is -2.47. The van der Waals surface area contributed by atoms with E-state index in [0.717, 1.165) is 51.3 Å². The standard InChI is InChI=1S/C15H24N4O3/c1-12-16-13(17-22-12)10-18-6-4-15(5-7-18)3-2-14(21)19(11-15)8-9-20/h20H,2-11H2,1H3. The molecule has 2 saturated heterocycles. The van der Waals surface area contributed by atoms with Gasteiger partial charge in [-0.2, -0.15) is 4.98 Å². The Labute approximate surface area is 130 Å². The van der Waals surface area contributed by atoms with Crippen LogP contribution >= 0.6 is 0 Å². The van der Waals surface area contributed by atoms with Gasteiger partial charge in [0.05, 0.1) is 13.2 Å². The Hall–Kier alpha value is -1.47. The zero-order chi connectivity index (χ0) is 15.6. The van der Waals surface area contributed by atoms with Crippen molar-refractivity contribution < 1.29 is 14.4 Å². The van der Waals surface area contributed by atoms with Crippen LogP contribution in [0.5, 0.6) is 0 Å². The first-order valence-electron chi connectivity index (χ1n) is 8.00. The van der Waals surface area contributed by atoms with Gasteiger partial charge in [-0.15, -0.1) is 0 Å². The third-order valence-electron chi connectivity index (χ3n) is 4.97. The molecule has 1 amide bonds. The van der Waals surface area contributed by atoms with E-state index in [4.69, 9.17) is 9.63 Å². The maximum Gasteiger partial charge on any atom is 0.223 e. The monoisotopic (exact) mass is 308 g/mol. The number of aryl methyl sites for hydroxylation is 1. The van der Waals surface area contributed by atoms with E-state index in [1.165, 1.54) is 0 Å². The molecule has 0 saturated carbocycles. The summed E-state index contributed by atoms with van der Waals surface area (Å²) in [6, 6.07) is 0. The highest BCUT2D eigenvalue weighted by Gasteiger charge is 2.40. The van der Waals surface area contributed by atoms with Crippen LogP contribution in [0.25, 0.3) is 0 Å². The number of carbonyl (C=O) groups is 1. The molecule has 7 heteroatoms. The van der Waals surface area contributed by atoms with E-state index in [-0.39, 0.29) is 17.9 Å². The molecule has 1 spiro atoms. The van der Waals surface area contributed by atoms with Crippen molar-refractivity contribution in [1.82, 2.24) is 19.9 Å². The number of hydrogen-bond acceptors (Lipinski definition) is 6. The molecule has 0 aromatic carbocycles. The average molecular weight is 308 g/mol. The highest BCUT2D eigenvalue weighted by Crippen LogP contribution is 2.40. The molecule has 3 rings (SSSR count). The predicted octanol–water partition coefficient (Wildman–Crippen LogP) is 0.575. The summed E-state index contributed by atoms with van der Waals surface area (Å²) in [5, 5.41) is 13.1. The van der Waals surface area contributed by atoms with Gasteiger partial charge in [-0.1, -0.05) is 5.16 Å². The second-order valence-electron chi connectivity index (χ2n) is 6.54. The van der Waals surface area contributed by atoms with Gasteiger partial charge in [-0.3, -0.25) is 9.69 Å². The van der Waals surface area contributed by atoms with Crippen molar-refractivity contribution >= 4 is 5.91 Å². The lowest BCUT2D eigenvalue weighted by Crippen LogP contribution is -2.51. The first-order valence-corrected chi connectivity index (χ1v) is 8.00. The molecule has 1 aromatic rings. The van der Waals surface area contributed by atoms with Crippen molar-refractivity contribution in [2.24, 2.45) is 5.41 Å². The van der Waals surface area contributed by atoms with Crippen molar-refractivity contribution in [1.29, 1.82) is 0 Å². The average Bonchev–Trinajstić information content (AvgIpc) is 2.91. The third-order valence-corrected chi connectivity index (χ3v) is 4.97. The minimum absolute atomic E-state index is 0.0468. The number of aliphatic hydroxyl groups excluding tert-OH is 1. The van der Waals surface area contributed by atoms with Crippen LogP contribution in [-0.2, 0) is 11.3 Å². The quantitative estimate of drug-likeness (QED) is 0.876. The first-order chi connectivity index (χ1) is 10.6. The summed E-state index contributed by atoms with van der Waals surface area (Å²) >= 11 is 0. The van der Waals surface area contributed by atoms with Gasteiger partial charge < -0.3 is 14.5 Å². The summed E-state index contributed by atoms with van der Waals surface area (Å²) in [6.45, 7) is 5.83. The van der Waals surface area contributed by atoms with Crippen LogP contribution in [0.4, 0.5) is 0 Å². The van der Waals surface area contributed by atoms with Crippen LogP contribution in [0.15, 0.2) is 4.52 Å². The van der Waals surface area contributed by atoms with E-state index < -0.39 is 0 Å². The zero-order valence-electron chi connectivity index (χ0n) is 13.1. The number of rotatable bonds is 4. The molecule has 7 nitrogen and oxygen atoms in total. The summed E-state index contributed by atoms with van der Waals surface area (Å²) in [6.07, 6.45) is 3.76. The van der Waals surface area contributed by atoms with E-state index >= 15 is 0 Å². The topological polar surface area (TPSA) is 82.7 Å². The van der Waals surface area contributed by atoms with Gasteiger partial charge in [-0.25, -0.2) is 0 Å². The molecule has 3 heterocycles. The maximum absolute atomic E-state index is 11.9. The molecular formula is C15H24N4O3. The van der Waals surface area contributed by atoms with Crippen LogP contribution in [0.2, 0.25) is 0 Å². The van der Waals surface area contributed by atoms with E-state index in [1.54, 1.807) is 6.92 Å². The van der Waals surface area contributed by atoms with Crippen LogP contribution in [0.1, 0.15) is 37.4 Å². The molecule has 0 atom stereocenters. The van der Waals surface area contributed by atoms with Gasteiger partial charge in [0.15, 0.2) is 5.82 Å². The number of likely N-dealkylation sites (tertiary alicyclic amines) is 2. The van der Waals surface area contributed by atoms with Gasteiger partial charge >= 0.3 is 0 Å². The Balaban J connectivity index is 1.55. The van der Waals surface area contributed by atoms with Gasteiger partial charge in [0.2, 0.25) is 11.8 Å². The van der Waals surface area contributed by atoms with Crippen molar-refractivity contribution in [2.75, 3.05) is 32.8 Å². The predicted molar refractivity (Wildman–Crippen MR) is 78.9 cm³/mol. The Morgan fingerprint density at radius 1 is 1.32 bits per heavy atom. The number of β-amino-alcohol motifs (C(OH)–C–C–N with tert-alkyl or cyclic N) is 1. The highest BCUT2D eigenvalue weighted by molar-refractivity contribution is 5.77. The molecule has 2 aliphatic rings. The maximum atomic E-state index is 11.9. The summed E-state index contributed by atoms with van der Waals surface area (Å²) in [5.41, 5.74) is 0.229. The smallest absolute Gasteiger partial charge is 0.223 e. The molecule has 1 N–H and O–H groups in total. The molecular weight excluding hydrogens is 284 g/mol. The molecule has 0 bridgehead atoms. The fourth-order valence-electron chi connectivity index (χ4n) is 3.63. The molecule has 0 unspecified atom stereocenters. The zero-order valence-corrected chi connectivity index (χ0v) is 13.1. The number of aliphatic hydroxyl groups is 1. The Morgan fingerprint density at radius 2 is 2.09 bits per heavy atom. The van der Waals surface area contributed by atoms with E-state index in [0.29, 0.717) is 18.9 Å². The Kier molecular flexibility index (Phi) is 4.44. The largest absolute Gasteiger partial charge is 0.395 e. The molecule has 2 fully saturated rings. The molecule has 1 aromatic heterocycles. The summed E-state index contributed by atoms with van der Waals surface area (Å²) < 4.78 is 5.01.